The Morgan fingerprint density at radius 1 is 1.09 bits per heavy atom. The minimum absolute atomic E-state index is 0.0135. The van der Waals surface area contributed by atoms with Crippen LogP contribution in [0.25, 0.3) is 0 Å². The van der Waals surface area contributed by atoms with Crippen LogP contribution < -0.4 is 11.1 Å². The molecular weight excluding hydrogens is 404 g/mol. The lowest BCUT2D eigenvalue weighted by molar-refractivity contribution is -0.135. The van der Waals surface area contributed by atoms with Crippen molar-refractivity contribution >= 4 is 17.7 Å². The van der Waals surface area contributed by atoms with Gasteiger partial charge in [-0.1, -0.05) is 12.1 Å². The lowest BCUT2D eigenvalue weighted by atomic mass is 9.77. The van der Waals surface area contributed by atoms with Gasteiger partial charge in [-0.15, -0.1) is 0 Å². The van der Waals surface area contributed by atoms with Crippen LogP contribution in [0.3, 0.4) is 0 Å². The van der Waals surface area contributed by atoms with Gasteiger partial charge in [-0.2, -0.15) is 0 Å². The van der Waals surface area contributed by atoms with Gasteiger partial charge in [0.15, 0.2) is 0 Å². The first kappa shape index (κ1) is 22.8. The summed E-state index contributed by atoms with van der Waals surface area (Å²) in [5.74, 6) is -1.38. The second-order valence-corrected chi connectivity index (χ2v) is 10.2. The van der Waals surface area contributed by atoms with Crippen LogP contribution in [0.5, 0.6) is 0 Å². The Morgan fingerprint density at radius 3 is 2.31 bits per heavy atom. The molecule has 32 heavy (non-hydrogen) atoms. The summed E-state index contributed by atoms with van der Waals surface area (Å²) < 4.78 is 0. The molecule has 1 heterocycles. The maximum Gasteiger partial charge on any atom is 0.251 e. The first-order valence-corrected chi connectivity index (χ1v) is 11.9. The second-order valence-electron chi connectivity index (χ2n) is 10.2. The third-order valence-electron chi connectivity index (χ3n) is 7.66. The molecule has 3 aliphatic rings. The Balaban J connectivity index is 1.38. The molecule has 1 saturated heterocycles. The minimum Gasteiger partial charge on any atom is -0.369 e. The summed E-state index contributed by atoms with van der Waals surface area (Å²) in [4.78, 5) is 41.4. The van der Waals surface area contributed by atoms with Gasteiger partial charge in [0.25, 0.3) is 5.91 Å². The SMILES string of the molecule is CN(C)C(=O)C1CCC(NC(=O)c2ccc(C3(CN4CCCC4)CC3)cc2)C(C(N)=O)C1. The molecule has 0 bridgehead atoms. The van der Waals surface area contributed by atoms with E-state index in [1.165, 1.54) is 44.3 Å². The molecule has 0 radical (unpaired) electrons. The molecule has 1 aromatic rings. The summed E-state index contributed by atoms with van der Waals surface area (Å²) in [6, 6.07) is 7.65. The predicted octanol–water partition coefficient (Wildman–Crippen LogP) is 1.90. The van der Waals surface area contributed by atoms with Crippen molar-refractivity contribution in [3.8, 4) is 0 Å². The van der Waals surface area contributed by atoms with Crippen LogP contribution in [0, 0.1) is 11.8 Å². The molecule has 7 nitrogen and oxygen atoms in total. The first-order valence-electron chi connectivity index (χ1n) is 11.9. The number of carbonyl (C=O) groups excluding carboxylic acids is 3. The number of nitrogens with one attached hydrogen (secondary N) is 1. The largest absolute Gasteiger partial charge is 0.369 e. The molecule has 0 spiro atoms. The first-order chi connectivity index (χ1) is 15.3. The molecule has 4 rings (SSSR count). The van der Waals surface area contributed by atoms with Gasteiger partial charge >= 0.3 is 0 Å². The van der Waals surface area contributed by atoms with Crippen molar-refractivity contribution in [3.63, 3.8) is 0 Å². The van der Waals surface area contributed by atoms with Crippen molar-refractivity contribution < 1.29 is 14.4 Å². The van der Waals surface area contributed by atoms with E-state index >= 15 is 0 Å². The van der Waals surface area contributed by atoms with Gasteiger partial charge in [0.1, 0.15) is 0 Å². The Labute approximate surface area is 190 Å². The molecule has 0 aromatic heterocycles. The van der Waals surface area contributed by atoms with Crippen LogP contribution in [-0.2, 0) is 15.0 Å². The molecule has 3 amide bonds. The maximum atomic E-state index is 12.9. The highest BCUT2D eigenvalue weighted by Gasteiger charge is 2.45. The Hall–Kier alpha value is -2.41. The highest BCUT2D eigenvalue weighted by molar-refractivity contribution is 5.95. The van der Waals surface area contributed by atoms with E-state index in [2.05, 4.69) is 22.3 Å². The lowest BCUT2D eigenvalue weighted by Crippen LogP contribution is -2.50. The average molecular weight is 441 g/mol. The van der Waals surface area contributed by atoms with Crippen molar-refractivity contribution in [1.82, 2.24) is 15.1 Å². The quantitative estimate of drug-likeness (QED) is 0.677. The van der Waals surface area contributed by atoms with E-state index in [0.717, 1.165) is 6.54 Å². The Bertz CT molecular complexity index is 856. The van der Waals surface area contributed by atoms with Crippen molar-refractivity contribution in [3.05, 3.63) is 35.4 Å². The fourth-order valence-electron chi connectivity index (χ4n) is 5.53. The normalized spacial score (nSPS) is 27.0. The minimum atomic E-state index is -0.531. The van der Waals surface area contributed by atoms with Gasteiger partial charge in [-0.25, -0.2) is 0 Å². The molecule has 1 aliphatic heterocycles. The van der Waals surface area contributed by atoms with Gasteiger partial charge in [-0.3, -0.25) is 14.4 Å². The molecule has 3 N–H and O–H groups in total. The number of carbonyl (C=O) groups is 3. The van der Waals surface area contributed by atoms with Crippen LogP contribution in [-0.4, -0.2) is 67.3 Å². The lowest BCUT2D eigenvalue weighted by Gasteiger charge is -2.35. The third kappa shape index (κ3) is 4.82. The van der Waals surface area contributed by atoms with Crippen molar-refractivity contribution in [2.24, 2.45) is 17.6 Å². The standard InChI is InChI=1S/C25H36N4O3/c1-28(2)24(32)18-7-10-21(20(15-18)22(26)30)27-23(31)17-5-8-19(9-6-17)25(11-12-25)16-29-13-3-4-14-29/h5-6,8-9,18,20-21H,3-4,7,10-16H2,1-2H3,(H2,26,30)(H,27,31). The van der Waals surface area contributed by atoms with Gasteiger partial charge in [-0.05, 0) is 75.7 Å². The number of rotatable bonds is 7. The van der Waals surface area contributed by atoms with Crippen molar-refractivity contribution in [2.75, 3.05) is 33.7 Å². The second kappa shape index (κ2) is 9.22. The van der Waals surface area contributed by atoms with E-state index in [1.54, 1.807) is 19.0 Å². The zero-order valence-corrected chi connectivity index (χ0v) is 19.3. The molecule has 2 aliphatic carbocycles. The average Bonchev–Trinajstić information content (AvgIpc) is 3.38. The summed E-state index contributed by atoms with van der Waals surface area (Å²) in [7, 11) is 3.44. The number of primary amides is 1. The molecular formula is C25H36N4O3. The van der Waals surface area contributed by atoms with Crippen LogP contribution in [0.15, 0.2) is 24.3 Å². The number of likely N-dealkylation sites (tertiary alicyclic amines) is 1. The fraction of sp³-hybridized carbons (Fsp3) is 0.640. The Kier molecular flexibility index (Phi) is 6.56. The van der Waals surface area contributed by atoms with Gasteiger partial charge < -0.3 is 20.9 Å². The zero-order chi connectivity index (χ0) is 22.9. The fourth-order valence-corrected chi connectivity index (χ4v) is 5.53. The molecule has 3 atom stereocenters. The summed E-state index contributed by atoms with van der Waals surface area (Å²) in [5.41, 5.74) is 7.81. The van der Waals surface area contributed by atoms with E-state index in [-0.39, 0.29) is 29.2 Å². The number of hydrogen-bond donors (Lipinski definition) is 2. The molecule has 3 unspecified atom stereocenters. The van der Waals surface area contributed by atoms with E-state index in [1.807, 2.05) is 12.1 Å². The molecule has 174 valence electrons. The number of nitrogens with two attached hydrogens (primary N) is 1. The van der Waals surface area contributed by atoms with Crippen molar-refractivity contribution in [1.29, 1.82) is 0 Å². The predicted molar refractivity (Wildman–Crippen MR) is 123 cm³/mol. The van der Waals surface area contributed by atoms with E-state index in [0.29, 0.717) is 24.8 Å². The van der Waals surface area contributed by atoms with Crippen LogP contribution in [0.1, 0.15) is 60.9 Å². The van der Waals surface area contributed by atoms with Crippen molar-refractivity contribution in [2.45, 2.75) is 56.4 Å². The monoisotopic (exact) mass is 440 g/mol. The summed E-state index contributed by atoms with van der Waals surface area (Å²) in [5, 5.41) is 3.01. The zero-order valence-electron chi connectivity index (χ0n) is 19.3. The Morgan fingerprint density at radius 2 is 1.75 bits per heavy atom. The summed E-state index contributed by atoms with van der Waals surface area (Å²) >= 11 is 0. The molecule has 2 saturated carbocycles. The number of nitrogens with zero attached hydrogens (tertiary/aromatic N) is 2. The van der Waals surface area contributed by atoms with E-state index in [4.69, 9.17) is 5.73 Å². The summed E-state index contributed by atoms with van der Waals surface area (Å²) in [6.45, 7) is 3.52. The maximum absolute atomic E-state index is 12.9. The summed E-state index contributed by atoms with van der Waals surface area (Å²) in [6.07, 6.45) is 6.62. The molecule has 3 fully saturated rings. The van der Waals surface area contributed by atoms with Gasteiger partial charge in [0, 0.05) is 43.6 Å². The smallest absolute Gasteiger partial charge is 0.251 e. The third-order valence-corrected chi connectivity index (χ3v) is 7.66. The van der Waals surface area contributed by atoms with E-state index < -0.39 is 11.8 Å². The van der Waals surface area contributed by atoms with Crippen LogP contribution in [0.2, 0.25) is 0 Å². The number of hydrogen-bond acceptors (Lipinski definition) is 4. The van der Waals surface area contributed by atoms with E-state index in [9.17, 15) is 14.4 Å². The molecule has 1 aromatic carbocycles. The highest BCUT2D eigenvalue weighted by Crippen LogP contribution is 2.49. The number of benzene rings is 1. The molecule has 7 heteroatoms. The van der Waals surface area contributed by atoms with Crippen LogP contribution >= 0.6 is 0 Å². The topological polar surface area (TPSA) is 95.7 Å². The number of amides is 3. The van der Waals surface area contributed by atoms with Gasteiger partial charge in [0.05, 0.1) is 5.92 Å². The van der Waals surface area contributed by atoms with Crippen LogP contribution in [0.4, 0.5) is 0 Å². The highest BCUT2D eigenvalue weighted by atomic mass is 16.2. The van der Waals surface area contributed by atoms with Gasteiger partial charge in [0.2, 0.25) is 11.8 Å².